The fourth-order valence-electron chi connectivity index (χ4n) is 1.94. The van der Waals surface area contributed by atoms with Crippen LogP contribution >= 0.6 is 11.3 Å². The molecule has 1 N–H and O–H groups in total. The summed E-state index contributed by atoms with van der Waals surface area (Å²) in [4.78, 5) is 20.4. The molecule has 0 unspecified atom stereocenters. The maximum Gasteiger partial charge on any atom is 0.229 e. The quantitative estimate of drug-likeness (QED) is 0.752. The van der Waals surface area contributed by atoms with Gasteiger partial charge in [0, 0.05) is 23.3 Å². The van der Waals surface area contributed by atoms with E-state index in [0.717, 1.165) is 17.0 Å². The molecule has 3 aromatic rings. The number of carbonyl (C=O) groups is 1. The highest BCUT2D eigenvalue weighted by Gasteiger charge is 2.08. The SMILES string of the molecule is O=C(CCOc1ccccc1)Nc1nc(-c2cccnc2)cs1. The molecule has 1 aromatic carbocycles. The zero-order valence-electron chi connectivity index (χ0n) is 12.3. The van der Waals surface area contributed by atoms with Gasteiger partial charge in [-0.15, -0.1) is 11.3 Å². The van der Waals surface area contributed by atoms with Gasteiger partial charge >= 0.3 is 0 Å². The predicted octanol–water partition coefficient (Wildman–Crippen LogP) is 3.61. The highest BCUT2D eigenvalue weighted by atomic mass is 32.1. The van der Waals surface area contributed by atoms with Crippen molar-refractivity contribution in [3.05, 3.63) is 60.2 Å². The van der Waals surface area contributed by atoms with Gasteiger partial charge in [-0.2, -0.15) is 0 Å². The lowest BCUT2D eigenvalue weighted by Gasteiger charge is -2.05. The van der Waals surface area contributed by atoms with Gasteiger partial charge in [-0.3, -0.25) is 9.78 Å². The van der Waals surface area contributed by atoms with Gasteiger partial charge < -0.3 is 10.1 Å². The molecule has 0 radical (unpaired) electrons. The van der Waals surface area contributed by atoms with Crippen LogP contribution in [0.1, 0.15) is 6.42 Å². The van der Waals surface area contributed by atoms with Gasteiger partial charge in [0.15, 0.2) is 5.13 Å². The van der Waals surface area contributed by atoms with E-state index in [4.69, 9.17) is 4.74 Å². The van der Waals surface area contributed by atoms with E-state index >= 15 is 0 Å². The van der Waals surface area contributed by atoms with E-state index in [-0.39, 0.29) is 12.3 Å². The molecule has 0 atom stereocenters. The zero-order chi connectivity index (χ0) is 15.9. The van der Waals surface area contributed by atoms with Crippen LogP contribution < -0.4 is 10.1 Å². The molecular weight excluding hydrogens is 310 g/mol. The number of pyridine rings is 1. The molecule has 0 saturated heterocycles. The van der Waals surface area contributed by atoms with Crippen LogP contribution in [0.15, 0.2) is 60.2 Å². The van der Waals surface area contributed by atoms with E-state index < -0.39 is 0 Å². The Morgan fingerprint density at radius 2 is 2.04 bits per heavy atom. The van der Waals surface area contributed by atoms with Crippen molar-refractivity contribution >= 4 is 22.4 Å². The van der Waals surface area contributed by atoms with E-state index in [0.29, 0.717) is 11.7 Å². The lowest BCUT2D eigenvalue weighted by atomic mass is 10.2. The molecule has 0 spiro atoms. The van der Waals surface area contributed by atoms with Crippen LogP contribution in [0.4, 0.5) is 5.13 Å². The van der Waals surface area contributed by atoms with Gasteiger partial charge in [-0.25, -0.2) is 4.98 Å². The second-order valence-corrected chi connectivity index (χ2v) is 5.60. The number of nitrogens with one attached hydrogen (secondary N) is 1. The third-order valence-corrected chi connectivity index (χ3v) is 3.81. The summed E-state index contributed by atoms with van der Waals surface area (Å²) in [5, 5.41) is 5.26. The van der Waals surface area contributed by atoms with E-state index in [9.17, 15) is 4.79 Å². The molecule has 1 amide bonds. The van der Waals surface area contributed by atoms with E-state index in [1.807, 2.05) is 47.8 Å². The number of para-hydroxylation sites is 1. The highest BCUT2D eigenvalue weighted by molar-refractivity contribution is 7.14. The molecule has 0 aliphatic heterocycles. The van der Waals surface area contributed by atoms with E-state index in [1.54, 1.807) is 12.4 Å². The summed E-state index contributed by atoms with van der Waals surface area (Å²) in [7, 11) is 0. The molecule has 23 heavy (non-hydrogen) atoms. The number of hydrogen-bond acceptors (Lipinski definition) is 5. The summed E-state index contributed by atoms with van der Waals surface area (Å²) in [6, 6.07) is 13.2. The van der Waals surface area contributed by atoms with Gasteiger partial charge in [-0.1, -0.05) is 18.2 Å². The Labute approximate surface area is 138 Å². The number of benzene rings is 1. The summed E-state index contributed by atoms with van der Waals surface area (Å²) in [5.41, 5.74) is 1.73. The van der Waals surface area contributed by atoms with Gasteiger partial charge in [0.2, 0.25) is 5.91 Å². The molecule has 2 aromatic heterocycles. The minimum absolute atomic E-state index is 0.118. The first-order chi connectivity index (χ1) is 11.3. The van der Waals surface area contributed by atoms with E-state index in [1.165, 1.54) is 11.3 Å². The van der Waals surface area contributed by atoms with Crippen LogP contribution in [0.25, 0.3) is 11.3 Å². The normalized spacial score (nSPS) is 10.3. The largest absolute Gasteiger partial charge is 0.493 e. The molecule has 6 heteroatoms. The van der Waals surface area contributed by atoms with Gasteiger partial charge in [0.25, 0.3) is 0 Å². The molecule has 0 bridgehead atoms. The number of anilines is 1. The van der Waals surface area contributed by atoms with Crippen LogP contribution in [0.3, 0.4) is 0 Å². The van der Waals surface area contributed by atoms with Crippen LogP contribution in [0.2, 0.25) is 0 Å². The topological polar surface area (TPSA) is 64.1 Å². The fourth-order valence-corrected chi connectivity index (χ4v) is 2.67. The number of rotatable bonds is 6. The Hall–Kier alpha value is -2.73. The number of amides is 1. The second kappa shape index (κ2) is 7.51. The van der Waals surface area contributed by atoms with Crippen molar-refractivity contribution in [3.8, 4) is 17.0 Å². The summed E-state index contributed by atoms with van der Waals surface area (Å²) < 4.78 is 5.50. The van der Waals surface area contributed by atoms with Gasteiger partial charge in [0.05, 0.1) is 18.7 Å². The number of carbonyl (C=O) groups excluding carboxylic acids is 1. The summed E-state index contributed by atoms with van der Waals surface area (Å²) in [6.45, 7) is 0.330. The first-order valence-corrected chi connectivity index (χ1v) is 8.03. The van der Waals surface area contributed by atoms with Crippen molar-refractivity contribution in [1.82, 2.24) is 9.97 Å². The number of aromatic nitrogens is 2. The maximum atomic E-state index is 11.9. The Balaban J connectivity index is 1.49. The van der Waals surface area contributed by atoms with Gasteiger partial charge in [0.1, 0.15) is 5.75 Å². The summed E-state index contributed by atoms with van der Waals surface area (Å²) in [5.74, 6) is 0.640. The molecule has 116 valence electrons. The van der Waals surface area contributed by atoms with Crippen molar-refractivity contribution in [2.75, 3.05) is 11.9 Å². The zero-order valence-corrected chi connectivity index (χ0v) is 13.1. The molecule has 0 saturated carbocycles. The maximum absolute atomic E-state index is 11.9. The van der Waals surface area contributed by atoms with E-state index in [2.05, 4.69) is 15.3 Å². The number of hydrogen-bond donors (Lipinski definition) is 1. The Morgan fingerprint density at radius 1 is 1.17 bits per heavy atom. The smallest absolute Gasteiger partial charge is 0.229 e. The van der Waals surface area contributed by atoms with Crippen molar-refractivity contribution in [2.24, 2.45) is 0 Å². The number of nitrogens with zero attached hydrogens (tertiary/aromatic N) is 2. The highest BCUT2D eigenvalue weighted by Crippen LogP contribution is 2.24. The standard InChI is InChI=1S/C17H15N3O2S/c21-16(8-10-22-14-6-2-1-3-7-14)20-17-19-15(12-23-17)13-5-4-9-18-11-13/h1-7,9,11-12H,8,10H2,(H,19,20,21). The fraction of sp³-hybridized carbons (Fsp3) is 0.118. The molecule has 3 rings (SSSR count). The molecule has 0 fully saturated rings. The van der Waals surface area contributed by atoms with Crippen molar-refractivity contribution in [1.29, 1.82) is 0 Å². The van der Waals surface area contributed by atoms with Crippen molar-refractivity contribution < 1.29 is 9.53 Å². The molecule has 2 heterocycles. The summed E-state index contributed by atoms with van der Waals surface area (Å²) >= 11 is 1.39. The number of thiazole rings is 1. The Bertz CT molecular complexity index is 760. The molecular formula is C17H15N3O2S. The monoisotopic (exact) mass is 325 g/mol. The van der Waals surface area contributed by atoms with Crippen molar-refractivity contribution in [3.63, 3.8) is 0 Å². The van der Waals surface area contributed by atoms with Crippen LogP contribution in [0.5, 0.6) is 5.75 Å². The minimum atomic E-state index is -0.118. The van der Waals surface area contributed by atoms with Gasteiger partial charge in [-0.05, 0) is 24.3 Å². The Kier molecular flexibility index (Phi) is 4.95. The first kappa shape index (κ1) is 15.2. The third-order valence-electron chi connectivity index (χ3n) is 3.05. The average Bonchev–Trinajstić information content (AvgIpc) is 3.05. The molecule has 0 aliphatic carbocycles. The third kappa shape index (κ3) is 4.37. The van der Waals surface area contributed by atoms with Crippen LogP contribution in [0, 0.1) is 0 Å². The summed E-state index contributed by atoms with van der Waals surface area (Å²) in [6.07, 6.45) is 3.73. The predicted molar refractivity (Wildman–Crippen MR) is 90.5 cm³/mol. The van der Waals surface area contributed by atoms with Crippen LogP contribution in [-0.2, 0) is 4.79 Å². The van der Waals surface area contributed by atoms with Crippen molar-refractivity contribution in [2.45, 2.75) is 6.42 Å². The minimum Gasteiger partial charge on any atom is -0.493 e. The number of ether oxygens (including phenoxy) is 1. The lowest BCUT2D eigenvalue weighted by molar-refractivity contribution is -0.116. The second-order valence-electron chi connectivity index (χ2n) is 4.74. The average molecular weight is 325 g/mol. The Morgan fingerprint density at radius 3 is 2.83 bits per heavy atom. The molecule has 0 aliphatic rings. The first-order valence-electron chi connectivity index (χ1n) is 7.15. The lowest BCUT2D eigenvalue weighted by Crippen LogP contribution is -2.15. The molecule has 5 nitrogen and oxygen atoms in total. The van der Waals surface area contributed by atoms with Crippen LogP contribution in [-0.4, -0.2) is 22.5 Å².